The number of carbonyl (C=O) groups excluding carboxylic acids is 1. The number of thiazole rings is 1. The fraction of sp³-hybridized carbons (Fsp3) is 0.333. The molecule has 0 aliphatic heterocycles. The van der Waals surface area contributed by atoms with E-state index in [-0.39, 0.29) is 5.78 Å². The van der Waals surface area contributed by atoms with Crippen LogP contribution in [0.5, 0.6) is 0 Å². The van der Waals surface area contributed by atoms with Crippen LogP contribution >= 0.6 is 11.3 Å². The van der Waals surface area contributed by atoms with Gasteiger partial charge in [-0.1, -0.05) is 0 Å². The van der Waals surface area contributed by atoms with Gasteiger partial charge in [0.1, 0.15) is 5.69 Å². The predicted octanol–water partition coefficient (Wildman–Crippen LogP) is 1.65. The second-order valence-electron chi connectivity index (χ2n) is 1.81. The Kier molecular flexibility index (Phi) is 1.62. The third-order valence-electron chi connectivity index (χ3n) is 0.980. The van der Waals surface area contributed by atoms with Gasteiger partial charge in [0, 0.05) is 12.3 Å². The van der Waals surface area contributed by atoms with Crippen LogP contribution in [0.15, 0.2) is 5.38 Å². The highest BCUT2D eigenvalue weighted by atomic mass is 32.1. The van der Waals surface area contributed by atoms with Crippen molar-refractivity contribution in [3.63, 3.8) is 0 Å². The molecule has 0 aromatic carbocycles. The molecule has 1 aromatic rings. The lowest BCUT2D eigenvalue weighted by Crippen LogP contribution is -1.90. The summed E-state index contributed by atoms with van der Waals surface area (Å²) in [5.74, 6) is 0.0411. The number of nitrogens with zero attached hydrogens (tertiary/aromatic N) is 1. The monoisotopic (exact) mass is 141 g/mol. The van der Waals surface area contributed by atoms with Crippen LogP contribution in [-0.2, 0) is 0 Å². The maximum absolute atomic E-state index is 10.6. The lowest BCUT2D eigenvalue weighted by Gasteiger charge is -1.80. The Morgan fingerprint density at radius 1 is 1.78 bits per heavy atom. The van der Waals surface area contributed by atoms with Crippen LogP contribution in [-0.4, -0.2) is 10.8 Å². The minimum Gasteiger partial charge on any atom is -0.293 e. The topological polar surface area (TPSA) is 30.0 Å². The number of rotatable bonds is 1. The maximum atomic E-state index is 10.6. The average molecular weight is 141 g/mol. The largest absolute Gasteiger partial charge is 0.293 e. The highest BCUT2D eigenvalue weighted by Crippen LogP contribution is 2.07. The average Bonchev–Trinajstić information content (AvgIpc) is 2.14. The molecule has 0 N–H and O–H groups in total. The highest BCUT2D eigenvalue weighted by Gasteiger charge is 2.00. The minimum atomic E-state index is 0.0411. The normalized spacial score (nSPS) is 9.56. The van der Waals surface area contributed by atoms with Gasteiger partial charge in [-0.2, -0.15) is 0 Å². The lowest BCUT2D eigenvalue weighted by molar-refractivity contribution is 0.101. The lowest BCUT2D eigenvalue weighted by atomic mass is 10.4. The van der Waals surface area contributed by atoms with Gasteiger partial charge in [-0.25, -0.2) is 4.98 Å². The van der Waals surface area contributed by atoms with Crippen LogP contribution in [0.25, 0.3) is 0 Å². The zero-order chi connectivity index (χ0) is 6.85. The third kappa shape index (κ3) is 1.36. The van der Waals surface area contributed by atoms with Crippen LogP contribution in [0, 0.1) is 6.92 Å². The molecular formula is C6H7NOS. The summed E-state index contributed by atoms with van der Waals surface area (Å²) in [7, 11) is 0. The first-order chi connectivity index (χ1) is 4.20. The maximum Gasteiger partial charge on any atom is 0.178 e. The van der Waals surface area contributed by atoms with Crippen molar-refractivity contribution in [1.82, 2.24) is 4.98 Å². The molecule has 0 unspecified atom stereocenters. The summed E-state index contributed by atoms with van der Waals surface area (Å²) in [6.07, 6.45) is 0. The standard InChI is InChI=1S/C6H7NOS/c1-4(8)6-3-9-5(2)7-6/h3H,1-2H3. The number of hydrogen-bond donors (Lipinski definition) is 0. The molecule has 48 valence electrons. The van der Waals surface area contributed by atoms with Gasteiger partial charge < -0.3 is 0 Å². The molecule has 0 saturated carbocycles. The number of ketones is 1. The molecule has 1 heterocycles. The molecule has 3 heteroatoms. The molecule has 0 radical (unpaired) electrons. The Labute approximate surface area is 57.5 Å². The van der Waals surface area contributed by atoms with Crippen molar-refractivity contribution in [3.05, 3.63) is 16.1 Å². The van der Waals surface area contributed by atoms with Crippen molar-refractivity contribution in [2.45, 2.75) is 13.8 Å². The van der Waals surface area contributed by atoms with Crippen LogP contribution in [0.4, 0.5) is 0 Å². The third-order valence-corrected chi connectivity index (χ3v) is 1.75. The van der Waals surface area contributed by atoms with Gasteiger partial charge >= 0.3 is 0 Å². The smallest absolute Gasteiger partial charge is 0.178 e. The molecule has 0 aliphatic carbocycles. The Balaban J connectivity index is 2.98. The second kappa shape index (κ2) is 2.27. The van der Waals surface area contributed by atoms with Crippen molar-refractivity contribution >= 4 is 17.1 Å². The summed E-state index contributed by atoms with van der Waals surface area (Å²) in [6, 6.07) is 0. The zero-order valence-corrected chi connectivity index (χ0v) is 6.16. The zero-order valence-electron chi connectivity index (χ0n) is 5.34. The molecule has 1 rings (SSSR count). The van der Waals surface area contributed by atoms with Crippen molar-refractivity contribution in [2.24, 2.45) is 0 Å². The van der Waals surface area contributed by atoms with E-state index in [0.29, 0.717) is 5.69 Å². The Hall–Kier alpha value is -0.700. The Morgan fingerprint density at radius 3 is 2.67 bits per heavy atom. The van der Waals surface area contributed by atoms with Crippen molar-refractivity contribution in [3.8, 4) is 0 Å². The van der Waals surface area contributed by atoms with Crippen LogP contribution in [0.2, 0.25) is 0 Å². The number of aryl methyl sites for hydroxylation is 1. The summed E-state index contributed by atoms with van der Waals surface area (Å²) in [5, 5.41) is 2.72. The van der Waals surface area contributed by atoms with E-state index in [0.717, 1.165) is 5.01 Å². The first kappa shape index (κ1) is 6.42. The fourth-order valence-corrected chi connectivity index (χ4v) is 1.18. The van der Waals surface area contributed by atoms with Crippen LogP contribution in [0.1, 0.15) is 22.4 Å². The molecule has 0 aliphatic rings. The molecule has 0 fully saturated rings. The quantitative estimate of drug-likeness (QED) is 0.557. The molecule has 9 heavy (non-hydrogen) atoms. The van der Waals surface area contributed by atoms with Gasteiger partial charge in [-0.15, -0.1) is 11.3 Å². The van der Waals surface area contributed by atoms with Gasteiger partial charge in [0.25, 0.3) is 0 Å². The van der Waals surface area contributed by atoms with Crippen LogP contribution < -0.4 is 0 Å². The first-order valence-electron chi connectivity index (χ1n) is 2.63. The molecule has 0 spiro atoms. The number of hydrogen-bond acceptors (Lipinski definition) is 3. The molecule has 0 bridgehead atoms. The van der Waals surface area contributed by atoms with E-state index < -0.39 is 0 Å². The molecular weight excluding hydrogens is 134 g/mol. The number of aromatic nitrogens is 1. The molecule has 0 saturated heterocycles. The van der Waals surface area contributed by atoms with Crippen molar-refractivity contribution in [1.29, 1.82) is 0 Å². The predicted molar refractivity (Wildman–Crippen MR) is 36.9 cm³/mol. The Bertz CT molecular complexity index is 229. The summed E-state index contributed by atoms with van der Waals surface area (Å²) in [5.41, 5.74) is 0.581. The van der Waals surface area contributed by atoms with Gasteiger partial charge in [-0.05, 0) is 6.92 Å². The fourth-order valence-electron chi connectivity index (χ4n) is 0.525. The summed E-state index contributed by atoms with van der Waals surface area (Å²) in [4.78, 5) is 14.6. The SMILES string of the molecule is CC(=O)c1csc(C)n1. The van der Waals surface area contributed by atoms with Crippen molar-refractivity contribution in [2.75, 3.05) is 0 Å². The van der Waals surface area contributed by atoms with E-state index in [9.17, 15) is 4.79 Å². The van der Waals surface area contributed by atoms with Crippen molar-refractivity contribution < 1.29 is 4.79 Å². The number of carbonyl (C=O) groups is 1. The molecule has 2 nitrogen and oxygen atoms in total. The minimum absolute atomic E-state index is 0.0411. The summed E-state index contributed by atoms with van der Waals surface area (Å²) in [6.45, 7) is 3.41. The molecule has 0 amide bonds. The van der Waals surface area contributed by atoms with E-state index in [1.165, 1.54) is 18.3 Å². The van der Waals surface area contributed by atoms with Gasteiger partial charge in [-0.3, -0.25) is 4.79 Å². The highest BCUT2D eigenvalue weighted by molar-refractivity contribution is 7.09. The van der Waals surface area contributed by atoms with Gasteiger partial charge in [0.15, 0.2) is 5.78 Å². The summed E-state index contributed by atoms with van der Waals surface area (Å²) >= 11 is 1.50. The Morgan fingerprint density at radius 2 is 2.44 bits per heavy atom. The van der Waals surface area contributed by atoms with E-state index >= 15 is 0 Å². The van der Waals surface area contributed by atoms with E-state index in [2.05, 4.69) is 4.98 Å². The second-order valence-corrected chi connectivity index (χ2v) is 2.87. The van der Waals surface area contributed by atoms with Gasteiger partial charge in [0.2, 0.25) is 0 Å². The summed E-state index contributed by atoms with van der Waals surface area (Å²) < 4.78 is 0. The van der Waals surface area contributed by atoms with Gasteiger partial charge in [0.05, 0.1) is 5.01 Å². The van der Waals surface area contributed by atoms with E-state index in [1.807, 2.05) is 6.92 Å². The van der Waals surface area contributed by atoms with E-state index in [1.54, 1.807) is 5.38 Å². The first-order valence-corrected chi connectivity index (χ1v) is 3.51. The number of Topliss-reactive ketones (excluding diaryl/α,β-unsaturated/α-hetero) is 1. The van der Waals surface area contributed by atoms with E-state index in [4.69, 9.17) is 0 Å². The molecule has 1 aromatic heterocycles. The van der Waals surface area contributed by atoms with Crippen LogP contribution in [0.3, 0.4) is 0 Å². The molecule has 0 atom stereocenters.